The van der Waals surface area contributed by atoms with Gasteiger partial charge in [0.15, 0.2) is 0 Å². The summed E-state index contributed by atoms with van der Waals surface area (Å²) in [5.41, 5.74) is 1.42. The SMILES string of the molecule is CC(C)c1cc2c(cc1S(=O)(=O)O)C1(C)CCCC(C)(C(=O)O)C1CC2.[Na+]. The molecule has 0 radical (unpaired) electrons. The van der Waals surface area contributed by atoms with E-state index in [4.69, 9.17) is 0 Å². The Morgan fingerprint density at radius 1 is 1.22 bits per heavy atom. The Labute approximate surface area is 184 Å². The number of fused-ring (bicyclic) bond motifs is 3. The first kappa shape index (κ1) is 22.9. The summed E-state index contributed by atoms with van der Waals surface area (Å²) in [6, 6.07) is 3.54. The number of carboxylic acid groups (broad SMARTS) is 1. The zero-order valence-corrected chi connectivity index (χ0v) is 19.7. The van der Waals surface area contributed by atoms with Gasteiger partial charge in [0.1, 0.15) is 0 Å². The summed E-state index contributed by atoms with van der Waals surface area (Å²) in [4.78, 5) is 12.0. The molecule has 0 saturated heterocycles. The standard InChI is InChI=1S/C20H28O5S.Na/c1-12(2)14-10-13-6-7-17-19(3,8-5-9-20(17,4)18(21)22)15(13)11-16(14)26(23,24)25;/h10-12,17H,5-9H2,1-4H3,(H,21,22)(H,23,24,25);/q;+1. The van der Waals surface area contributed by atoms with E-state index in [1.54, 1.807) is 6.07 Å². The number of aryl methyl sites for hydroxylation is 1. The Bertz CT molecular complexity index is 863. The molecule has 7 heteroatoms. The maximum atomic E-state index is 12.0. The summed E-state index contributed by atoms with van der Waals surface area (Å²) in [5.74, 6) is -0.850. The van der Waals surface area contributed by atoms with E-state index in [0.717, 1.165) is 36.8 Å². The molecular weight excluding hydrogens is 375 g/mol. The van der Waals surface area contributed by atoms with Gasteiger partial charge in [0.25, 0.3) is 10.1 Å². The smallest absolute Gasteiger partial charge is 0.481 e. The van der Waals surface area contributed by atoms with Crippen molar-refractivity contribution in [3.05, 3.63) is 28.8 Å². The van der Waals surface area contributed by atoms with Crippen molar-refractivity contribution in [2.45, 2.75) is 76.0 Å². The van der Waals surface area contributed by atoms with Gasteiger partial charge in [0.05, 0.1) is 10.3 Å². The average molecular weight is 403 g/mol. The maximum absolute atomic E-state index is 12.0. The van der Waals surface area contributed by atoms with Gasteiger partial charge >= 0.3 is 35.5 Å². The number of benzene rings is 1. The van der Waals surface area contributed by atoms with Gasteiger partial charge in [-0.1, -0.05) is 33.3 Å². The molecule has 3 unspecified atom stereocenters. The van der Waals surface area contributed by atoms with Gasteiger partial charge < -0.3 is 5.11 Å². The Morgan fingerprint density at radius 2 is 1.85 bits per heavy atom. The van der Waals surface area contributed by atoms with E-state index >= 15 is 0 Å². The van der Waals surface area contributed by atoms with Crippen molar-refractivity contribution in [2.24, 2.45) is 11.3 Å². The van der Waals surface area contributed by atoms with Crippen molar-refractivity contribution < 1.29 is 52.4 Å². The number of hydrogen-bond acceptors (Lipinski definition) is 3. The normalized spacial score (nSPS) is 30.2. The molecule has 0 bridgehead atoms. The van der Waals surface area contributed by atoms with Crippen molar-refractivity contribution in [1.29, 1.82) is 0 Å². The summed E-state index contributed by atoms with van der Waals surface area (Å²) < 4.78 is 33.8. The van der Waals surface area contributed by atoms with Gasteiger partial charge in [-0.25, -0.2) is 0 Å². The average Bonchev–Trinajstić information content (AvgIpc) is 2.52. The van der Waals surface area contributed by atoms with Gasteiger partial charge in [0.2, 0.25) is 0 Å². The largest absolute Gasteiger partial charge is 1.00 e. The summed E-state index contributed by atoms with van der Waals surface area (Å²) in [7, 11) is -4.34. The van der Waals surface area contributed by atoms with E-state index in [1.807, 2.05) is 26.8 Å². The Hall–Kier alpha value is -0.400. The third kappa shape index (κ3) is 3.64. The second kappa shape index (κ2) is 7.45. The molecule has 0 aliphatic heterocycles. The molecule has 1 saturated carbocycles. The minimum atomic E-state index is -4.34. The van der Waals surface area contributed by atoms with E-state index in [9.17, 15) is 22.9 Å². The minimum Gasteiger partial charge on any atom is -0.481 e. The minimum absolute atomic E-state index is 0. The number of aliphatic carboxylic acids is 1. The van der Waals surface area contributed by atoms with Crippen LogP contribution in [0.15, 0.2) is 17.0 Å². The van der Waals surface area contributed by atoms with Crippen LogP contribution in [0.5, 0.6) is 0 Å². The molecule has 0 heterocycles. The van der Waals surface area contributed by atoms with Crippen molar-refractivity contribution in [3.63, 3.8) is 0 Å². The van der Waals surface area contributed by atoms with Crippen LogP contribution < -0.4 is 29.6 Å². The molecule has 2 N–H and O–H groups in total. The van der Waals surface area contributed by atoms with Gasteiger partial charge in [-0.2, -0.15) is 8.42 Å². The Balaban J connectivity index is 0.00000261. The molecule has 0 amide bonds. The van der Waals surface area contributed by atoms with Crippen LogP contribution in [0.4, 0.5) is 0 Å². The van der Waals surface area contributed by atoms with Crippen LogP contribution in [-0.2, 0) is 26.7 Å². The molecule has 1 aromatic carbocycles. The van der Waals surface area contributed by atoms with Crippen LogP contribution in [0.3, 0.4) is 0 Å². The fraction of sp³-hybridized carbons (Fsp3) is 0.650. The number of carboxylic acids is 1. The first-order chi connectivity index (χ1) is 11.9. The number of hydrogen-bond donors (Lipinski definition) is 2. The van der Waals surface area contributed by atoms with Crippen molar-refractivity contribution in [3.8, 4) is 0 Å². The van der Waals surface area contributed by atoms with Gasteiger partial charge in [0, 0.05) is 0 Å². The van der Waals surface area contributed by atoms with Gasteiger partial charge in [-0.05, 0) is 72.6 Å². The Morgan fingerprint density at radius 3 is 2.37 bits per heavy atom. The van der Waals surface area contributed by atoms with Crippen LogP contribution in [0.25, 0.3) is 0 Å². The molecule has 3 rings (SSSR count). The molecule has 0 spiro atoms. The van der Waals surface area contributed by atoms with Crippen LogP contribution in [-0.4, -0.2) is 24.0 Å². The van der Waals surface area contributed by atoms with Crippen molar-refractivity contribution in [1.82, 2.24) is 0 Å². The van der Waals surface area contributed by atoms with Crippen LogP contribution >= 0.6 is 0 Å². The first-order valence-electron chi connectivity index (χ1n) is 9.29. The van der Waals surface area contributed by atoms with E-state index < -0.39 is 26.9 Å². The molecule has 144 valence electrons. The monoisotopic (exact) mass is 403 g/mol. The third-order valence-electron chi connectivity index (χ3n) is 6.87. The van der Waals surface area contributed by atoms with Crippen LogP contribution in [0, 0.1) is 11.3 Å². The molecule has 1 aromatic rings. The molecular formula is C20H28NaO5S+. The van der Waals surface area contributed by atoms with Crippen LogP contribution in [0.1, 0.15) is 76.0 Å². The first-order valence-corrected chi connectivity index (χ1v) is 10.7. The van der Waals surface area contributed by atoms with Crippen LogP contribution in [0.2, 0.25) is 0 Å². The number of rotatable bonds is 3. The van der Waals surface area contributed by atoms with Crippen molar-refractivity contribution >= 4 is 16.1 Å². The molecule has 27 heavy (non-hydrogen) atoms. The Kier molecular flexibility index (Phi) is 6.31. The zero-order chi connectivity index (χ0) is 19.5. The molecule has 0 aromatic heterocycles. The van der Waals surface area contributed by atoms with E-state index in [2.05, 4.69) is 6.92 Å². The predicted molar refractivity (Wildman–Crippen MR) is 99.1 cm³/mol. The van der Waals surface area contributed by atoms with E-state index in [-0.39, 0.29) is 46.3 Å². The molecule has 1 fully saturated rings. The number of carbonyl (C=O) groups is 1. The summed E-state index contributed by atoms with van der Waals surface area (Å²) >= 11 is 0. The molecule has 2 aliphatic rings. The maximum Gasteiger partial charge on any atom is 1.00 e. The van der Waals surface area contributed by atoms with Gasteiger partial charge in [-0.15, -0.1) is 0 Å². The second-order valence-corrected chi connectivity index (χ2v) is 10.2. The predicted octanol–water partition coefficient (Wildman–Crippen LogP) is 1.16. The van der Waals surface area contributed by atoms with E-state index in [1.165, 1.54) is 0 Å². The molecule has 2 aliphatic carbocycles. The summed E-state index contributed by atoms with van der Waals surface area (Å²) in [6.45, 7) is 7.71. The topological polar surface area (TPSA) is 91.7 Å². The zero-order valence-electron chi connectivity index (χ0n) is 16.9. The molecule has 5 nitrogen and oxygen atoms in total. The van der Waals surface area contributed by atoms with E-state index in [0.29, 0.717) is 12.0 Å². The van der Waals surface area contributed by atoms with Gasteiger partial charge in [-0.3, -0.25) is 9.35 Å². The second-order valence-electron chi connectivity index (χ2n) is 8.76. The summed E-state index contributed by atoms with van der Waals surface area (Å²) in [6.07, 6.45) is 3.80. The summed E-state index contributed by atoms with van der Waals surface area (Å²) in [5, 5.41) is 9.86. The third-order valence-corrected chi connectivity index (χ3v) is 7.78. The fourth-order valence-corrected chi connectivity index (χ4v) is 6.31. The molecule has 3 atom stereocenters. The quantitative estimate of drug-likeness (QED) is 0.584. The van der Waals surface area contributed by atoms with Crippen molar-refractivity contribution in [2.75, 3.05) is 0 Å². The fourth-order valence-electron chi connectivity index (χ4n) is 5.45.